The van der Waals surface area contributed by atoms with Crippen molar-refractivity contribution in [2.75, 3.05) is 46.0 Å². The van der Waals surface area contributed by atoms with Crippen molar-refractivity contribution in [2.24, 2.45) is 0 Å². The zero-order chi connectivity index (χ0) is 25.6. The monoisotopic (exact) mass is 509 g/mol. The predicted molar refractivity (Wildman–Crippen MR) is 141 cm³/mol. The minimum atomic E-state index is -0.0386. The molecule has 10 heteroatoms. The van der Waals surface area contributed by atoms with E-state index in [2.05, 4.69) is 50.2 Å². The van der Waals surface area contributed by atoms with E-state index >= 15 is 0 Å². The summed E-state index contributed by atoms with van der Waals surface area (Å²) in [5.41, 5.74) is 2.77. The van der Waals surface area contributed by atoms with Gasteiger partial charge in [0, 0.05) is 43.9 Å². The number of nitrogens with zero attached hydrogens (tertiary/aromatic N) is 6. The summed E-state index contributed by atoms with van der Waals surface area (Å²) >= 11 is 0. The van der Waals surface area contributed by atoms with Gasteiger partial charge < -0.3 is 14.5 Å². The number of rotatable bonds is 11. The van der Waals surface area contributed by atoms with Crippen LogP contribution >= 0.6 is 0 Å². The van der Waals surface area contributed by atoms with Crippen LogP contribution < -0.4 is 5.56 Å². The second kappa shape index (κ2) is 12.3. The maximum absolute atomic E-state index is 13.1. The number of hydrogen-bond donors (Lipinski definition) is 1. The highest BCUT2D eigenvalue weighted by Crippen LogP contribution is 2.26. The first-order valence-corrected chi connectivity index (χ1v) is 13.6. The van der Waals surface area contributed by atoms with E-state index < -0.39 is 0 Å². The van der Waals surface area contributed by atoms with Crippen molar-refractivity contribution in [3.8, 4) is 0 Å². The van der Waals surface area contributed by atoms with Crippen LogP contribution in [0, 0.1) is 6.92 Å². The van der Waals surface area contributed by atoms with Crippen molar-refractivity contribution in [3.63, 3.8) is 0 Å². The Bertz CT molecular complexity index is 1210. The molecule has 1 aromatic carbocycles. The molecule has 0 amide bonds. The van der Waals surface area contributed by atoms with E-state index in [9.17, 15) is 4.79 Å². The van der Waals surface area contributed by atoms with E-state index in [0.29, 0.717) is 13.1 Å². The third-order valence-electron chi connectivity index (χ3n) is 7.56. The number of H-pyrrole nitrogens is 1. The Labute approximate surface area is 217 Å². The summed E-state index contributed by atoms with van der Waals surface area (Å²) in [7, 11) is 0. The Balaban J connectivity index is 1.39. The minimum absolute atomic E-state index is 0.00583. The molecule has 10 nitrogen and oxygen atoms in total. The molecule has 0 unspecified atom stereocenters. The Hall–Kier alpha value is -2.66. The second-order valence-electron chi connectivity index (χ2n) is 10.3. The highest BCUT2D eigenvalue weighted by atomic mass is 16.5. The molecule has 0 saturated carbocycles. The fourth-order valence-electron chi connectivity index (χ4n) is 5.54. The van der Waals surface area contributed by atoms with Crippen molar-refractivity contribution in [1.82, 2.24) is 35.0 Å². The van der Waals surface area contributed by atoms with Crippen LogP contribution in [0.2, 0.25) is 0 Å². The third-order valence-corrected chi connectivity index (χ3v) is 7.56. The molecule has 2 aliphatic heterocycles. The van der Waals surface area contributed by atoms with Gasteiger partial charge in [0.1, 0.15) is 0 Å². The van der Waals surface area contributed by atoms with E-state index in [1.54, 1.807) is 0 Å². The molecule has 0 radical (unpaired) electrons. The molecule has 0 bridgehead atoms. The summed E-state index contributed by atoms with van der Waals surface area (Å²) < 4.78 is 13.3. The van der Waals surface area contributed by atoms with E-state index in [0.717, 1.165) is 94.0 Å². The van der Waals surface area contributed by atoms with Gasteiger partial charge in [-0.25, -0.2) is 4.68 Å². The normalized spacial score (nSPS) is 19.7. The number of aromatic nitrogens is 5. The van der Waals surface area contributed by atoms with Gasteiger partial charge in [0.2, 0.25) is 0 Å². The number of aromatic amines is 1. The molecular weight excluding hydrogens is 470 g/mol. The lowest BCUT2D eigenvalue weighted by molar-refractivity contribution is 0.0348. The number of aryl methyl sites for hydroxylation is 1. The predicted octanol–water partition coefficient (Wildman–Crippen LogP) is 2.68. The van der Waals surface area contributed by atoms with Crippen LogP contribution in [0.1, 0.15) is 55.6 Å². The van der Waals surface area contributed by atoms with Crippen molar-refractivity contribution in [2.45, 2.75) is 64.8 Å². The highest BCUT2D eigenvalue weighted by molar-refractivity contribution is 5.79. The van der Waals surface area contributed by atoms with Crippen LogP contribution in [0.15, 0.2) is 29.1 Å². The van der Waals surface area contributed by atoms with E-state index in [4.69, 9.17) is 9.47 Å². The Kier molecular flexibility index (Phi) is 8.60. The quantitative estimate of drug-likeness (QED) is 0.421. The number of fused-ring (bicyclic) bond motifs is 1. The first-order valence-electron chi connectivity index (χ1n) is 13.6. The Morgan fingerprint density at radius 1 is 1.22 bits per heavy atom. The Morgan fingerprint density at radius 2 is 2.08 bits per heavy atom. The molecule has 37 heavy (non-hydrogen) atoms. The number of benzene rings is 1. The first-order chi connectivity index (χ1) is 18.1. The van der Waals surface area contributed by atoms with Crippen LogP contribution in [-0.2, 0) is 22.6 Å². The molecule has 2 aliphatic rings. The number of morpholine rings is 1. The maximum atomic E-state index is 13.1. The summed E-state index contributed by atoms with van der Waals surface area (Å²) in [5.74, 6) is 0.845. The topological polar surface area (TPSA) is 101 Å². The van der Waals surface area contributed by atoms with Gasteiger partial charge in [-0.05, 0) is 73.2 Å². The van der Waals surface area contributed by atoms with E-state index in [-0.39, 0.29) is 17.7 Å². The first kappa shape index (κ1) is 26.0. The number of nitrogens with one attached hydrogen (secondary N) is 1. The van der Waals surface area contributed by atoms with Gasteiger partial charge in [-0.3, -0.25) is 14.6 Å². The molecule has 4 heterocycles. The van der Waals surface area contributed by atoms with Gasteiger partial charge >= 0.3 is 0 Å². The molecule has 5 rings (SSSR count). The largest absolute Gasteiger partial charge is 0.379 e. The van der Waals surface area contributed by atoms with Crippen molar-refractivity contribution < 1.29 is 9.47 Å². The number of tetrazole rings is 1. The number of pyridine rings is 1. The van der Waals surface area contributed by atoms with Gasteiger partial charge in [-0.15, -0.1) is 5.10 Å². The van der Waals surface area contributed by atoms with E-state index in [1.165, 1.54) is 5.56 Å². The molecular formula is C27H39N7O3. The zero-order valence-corrected chi connectivity index (χ0v) is 22.1. The molecule has 2 aromatic heterocycles. The third kappa shape index (κ3) is 6.43. The highest BCUT2D eigenvalue weighted by Gasteiger charge is 2.27. The maximum Gasteiger partial charge on any atom is 0.252 e. The van der Waals surface area contributed by atoms with Crippen LogP contribution in [0.25, 0.3) is 10.9 Å². The summed E-state index contributed by atoms with van der Waals surface area (Å²) in [4.78, 5) is 21.0. The SMILES string of the molecule is CC[C@H](c1nnnn1C[C@H]1CCCO1)N(CCCN1CCOCC1)Cc1cc2cc(C)ccc2[nH]c1=O. The number of hydrogen-bond acceptors (Lipinski definition) is 8. The minimum Gasteiger partial charge on any atom is -0.379 e. The van der Waals surface area contributed by atoms with Crippen LogP contribution in [-0.4, -0.2) is 87.1 Å². The summed E-state index contributed by atoms with van der Waals surface area (Å²) in [6.07, 6.45) is 4.10. The van der Waals surface area contributed by atoms with Crippen molar-refractivity contribution >= 4 is 10.9 Å². The molecule has 0 aliphatic carbocycles. The van der Waals surface area contributed by atoms with Gasteiger partial charge in [0.25, 0.3) is 5.56 Å². The lowest BCUT2D eigenvalue weighted by atomic mass is 10.1. The van der Waals surface area contributed by atoms with Crippen molar-refractivity contribution in [1.29, 1.82) is 0 Å². The lowest BCUT2D eigenvalue weighted by Crippen LogP contribution is -2.39. The van der Waals surface area contributed by atoms with Crippen molar-refractivity contribution in [3.05, 3.63) is 51.6 Å². The average molecular weight is 510 g/mol. The fourth-order valence-corrected chi connectivity index (χ4v) is 5.54. The van der Waals surface area contributed by atoms with Crippen LogP contribution in [0.3, 0.4) is 0 Å². The lowest BCUT2D eigenvalue weighted by Gasteiger charge is -2.32. The molecule has 2 atom stereocenters. The zero-order valence-electron chi connectivity index (χ0n) is 22.1. The van der Waals surface area contributed by atoms with Crippen LogP contribution in [0.4, 0.5) is 0 Å². The molecule has 200 valence electrons. The van der Waals surface area contributed by atoms with Gasteiger partial charge in [-0.2, -0.15) is 0 Å². The molecule has 2 saturated heterocycles. The molecule has 3 aromatic rings. The van der Waals surface area contributed by atoms with Gasteiger partial charge in [-0.1, -0.05) is 18.6 Å². The number of ether oxygens (including phenoxy) is 2. The summed E-state index contributed by atoms with van der Waals surface area (Å²) in [6, 6.07) is 8.16. The summed E-state index contributed by atoms with van der Waals surface area (Å²) in [5, 5.41) is 13.9. The second-order valence-corrected chi connectivity index (χ2v) is 10.3. The van der Waals surface area contributed by atoms with Gasteiger partial charge in [0.15, 0.2) is 5.82 Å². The molecule has 1 N–H and O–H groups in total. The Morgan fingerprint density at radius 3 is 2.86 bits per heavy atom. The van der Waals surface area contributed by atoms with E-state index in [1.807, 2.05) is 22.9 Å². The average Bonchev–Trinajstić information content (AvgIpc) is 3.59. The van der Waals surface area contributed by atoms with Gasteiger partial charge in [0.05, 0.1) is 31.9 Å². The standard InChI is InChI=1S/C27H39N7O3/c1-3-25(26-29-30-31-34(26)19-23-6-4-13-37-23)33(10-5-9-32-11-14-36-15-12-32)18-22-17-21-16-20(2)7-8-24(21)28-27(22)35/h7-8,16-17,23,25H,3-6,9-15,18-19H2,1-2H3,(H,28,35)/t23-,25-/m1/s1. The fraction of sp³-hybridized carbons (Fsp3) is 0.630. The molecule has 2 fully saturated rings. The summed E-state index contributed by atoms with van der Waals surface area (Å²) in [6.45, 7) is 11.6. The van der Waals surface area contributed by atoms with Crippen LogP contribution in [0.5, 0.6) is 0 Å². The smallest absolute Gasteiger partial charge is 0.252 e. The molecule has 0 spiro atoms.